The first-order valence-electron chi connectivity index (χ1n) is 40.6. The van der Waals surface area contributed by atoms with E-state index < -0.39 is 26.5 Å². The lowest BCUT2D eigenvalue weighted by Gasteiger charge is -2.28. The Balaban J connectivity index is 3.95. The van der Waals surface area contributed by atoms with E-state index in [1.807, 2.05) is 21.1 Å². The van der Waals surface area contributed by atoms with Gasteiger partial charge < -0.3 is 27.9 Å². The zero-order valence-electron chi connectivity index (χ0n) is 63.6. The molecule has 0 aromatic rings. The topological polar surface area (TPSA) is 111 Å². The van der Waals surface area contributed by atoms with Crippen molar-refractivity contribution in [3.63, 3.8) is 0 Å². The zero-order valence-corrected chi connectivity index (χ0v) is 64.5. The van der Waals surface area contributed by atoms with Gasteiger partial charge in [-0.15, -0.1) is 0 Å². The maximum atomic E-state index is 12.9. The van der Waals surface area contributed by atoms with Crippen molar-refractivity contribution in [3.05, 3.63) is 109 Å². The highest BCUT2D eigenvalue weighted by atomic mass is 31.2. The molecular formula is C86H154NO8P. The Bertz CT molecular complexity index is 1990. The Hall–Kier alpha value is -3.33. The van der Waals surface area contributed by atoms with Crippen LogP contribution in [-0.2, 0) is 32.7 Å². The number of quaternary nitrogens is 1. The van der Waals surface area contributed by atoms with Crippen LogP contribution in [0.3, 0.4) is 0 Å². The van der Waals surface area contributed by atoms with E-state index in [1.165, 1.54) is 231 Å². The minimum Gasteiger partial charge on any atom is -0.756 e. The molecule has 0 aliphatic carbocycles. The van der Waals surface area contributed by atoms with E-state index in [9.17, 15) is 19.0 Å². The molecular weight excluding hydrogens is 1210 g/mol. The average Bonchev–Trinajstić information content (AvgIpc) is 1.97. The van der Waals surface area contributed by atoms with Gasteiger partial charge in [-0.25, -0.2) is 0 Å². The second-order valence-corrected chi connectivity index (χ2v) is 29.8. The predicted molar refractivity (Wildman–Crippen MR) is 415 cm³/mol. The van der Waals surface area contributed by atoms with Gasteiger partial charge in [0.25, 0.3) is 7.82 Å². The number of ether oxygens (including phenoxy) is 2. The predicted octanol–water partition coefficient (Wildman–Crippen LogP) is 26.5. The van der Waals surface area contributed by atoms with E-state index in [0.29, 0.717) is 17.4 Å². The first-order valence-corrected chi connectivity index (χ1v) is 42.1. The first kappa shape index (κ1) is 92.7. The van der Waals surface area contributed by atoms with E-state index >= 15 is 0 Å². The van der Waals surface area contributed by atoms with Gasteiger partial charge in [-0.05, 0) is 103 Å². The number of hydrogen-bond donors (Lipinski definition) is 0. The van der Waals surface area contributed by atoms with Gasteiger partial charge >= 0.3 is 11.9 Å². The minimum atomic E-state index is -4.66. The smallest absolute Gasteiger partial charge is 0.306 e. The lowest BCUT2D eigenvalue weighted by molar-refractivity contribution is -0.870. The Morgan fingerprint density at radius 2 is 0.594 bits per heavy atom. The van der Waals surface area contributed by atoms with Gasteiger partial charge in [0.2, 0.25) is 0 Å². The van der Waals surface area contributed by atoms with Crippen molar-refractivity contribution in [1.29, 1.82) is 0 Å². The molecule has 0 saturated carbocycles. The number of esters is 2. The zero-order chi connectivity index (χ0) is 69.7. The van der Waals surface area contributed by atoms with Crippen LogP contribution in [0, 0.1) is 0 Å². The molecule has 0 aromatic carbocycles. The maximum Gasteiger partial charge on any atom is 0.306 e. The van der Waals surface area contributed by atoms with Crippen LogP contribution >= 0.6 is 7.82 Å². The summed E-state index contributed by atoms with van der Waals surface area (Å²) >= 11 is 0. The Morgan fingerprint density at radius 1 is 0.333 bits per heavy atom. The van der Waals surface area contributed by atoms with Crippen molar-refractivity contribution >= 4 is 19.8 Å². The van der Waals surface area contributed by atoms with E-state index in [-0.39, 0.29) is 32.0 Å². The van der Waals surface area contributed by atoms with Crippen LogP contribution in [0.2, 0.25) is 0 Å². The van der Waals surface area contributed by atoms with E-state index in [2.05, 4.69) is 123 Å². The molecule has 556 valence electrons. The standard InChI is InChI=1S/C86H154NO8P/c1-6-8-10-12-14-16-18-20-22-24-26-28-30-32-34-36-38-39-40-41-42-43-44-45-46-47-49-50-52-54-56-58-60-62-64-66-68-70-72-74-76-78-85(88)92-82-84(83-94-96(90,91)93-81-80-87(3,4)5)95-86(89)79-77-75-73-71-69-67-65-63-61-59-57-55-53-51-48-37-35-33-31-29-27-25-23-21-19-17-15-13-11-9-7-2/h9,11,15,17,21,23-24,26-27,29,33,35,48,51,55,57,61,63,84H,6-8,10,12-14,16,18-20,22,25,28,30-32,34,36-47,49-50,52-54,56,58-60,62,64-83H2,1-5H3/b11-9-,17-15-,23-21-,26-24-,29-27-,35-33-,51-48-,57-55-,63-61-. The molecule has 0 heterocycles. The third-order valence-corrected chi connectivity index (χ3v) is 18.7. The summed E-state index contributed by atoms with van der Waals surface area (Å²) in [5.74, 6) is -0.842. The second kappa shape index (κ2) is 75.9. The molecule has 2 atom stereocenters. The third kappa shape index (κ3) is 79.7. The van der Waals surface area contributed by atoms with Crippen molar-refractivity contribution in [1.82, 2.24) is 0 Å². The highest BCUT2D eigenvalue weighted by Gasteiger charge is 2.22. The van der Waals surface area contributed by atoms with E-state index in [4.69, 9.17) is 18.5 Å². The summed E-state index contributed by atoms with van der Waals surface area (Å²) in [7, 11) is 1.16. The SMILES string of the molecule is CC/C=C\C/C=C\C/C=C\C/C=C\C/C=C\C/C=C\C/C=C\C/C=C\CCCCCCCCC(=O)OC(COC(=O)CCCCCCCCCCCCCCCCCCCCCCCCCCCCCCC/C=C\CCCCCCCCCC)COP(=O)([O-])OCC[N+](C)(C)C. The average molecular weight is 1360 g/mol. The molecule has 0 aliphatic heterocycles. The highest BCUT2D eigenvalue weighted by molar-refractivity contribution is 7.45. The summed E-state index contributed by atoms with van der Waals surface area (Å²) < 4.78 is 34.4. The molecule has 0 spiro atoms. The first-order chi connectivity index (χ1) is 47.0. The monoisotopic (exact) mass is 1360 g/mol. The van der Waals surface area contributed by atoms with Gasteiger partial charge in [0.05, 0.1) is 27.7 Å². The highest BCUT2D eigenvalue weighted by Crippen LogP contribution is 2.38. The lowest BCUT2D eigenvalue weighted by Crippen LogP contribution is -2.37. The molecule has 0 N–H and O–H groups in total. The van der Waals surface area contributed by atoms with Crippen LogP contribution in [0.25, 0.3) is 0 Å². The molecule has 10 heteroatoms. The number of phosphoric acid groups is 1. The van der Waals surface area contributed by atoms with Crippen molar-refractivity contribution < 1.29 is 42.1 Å². The van der Waals surface area contributed by atoms with Crippen molar-refractivity contribution in [3.8, 4) is 0 Å². The fourth-order valence-electron chi connectivity index (χ4n) is 11.6. The normalized spacial score (nSPS) is 13.6. The number of likely N-dealkylation sites (N-methyl/N-ethyl adjacent to an activating group) is 1. The number of rotatable bonds is 75. The van der Waals surface area contributed by atoms with Crippen LogP contribution in [0.1, 0.15) is 373 Å². The number of allylic oxidation sites excluding steroid dienone is 18. The number of hydrogen-bond acceptors (Lipinski definition) is 8. The molecule has 0 aromatic heterocycles. The van der Waals surface area contributed by atoms with Gasteiger partial charge in [0, 0.05) is 12.8 Å². The molecule has 0 radical (unpaired) electrons. The molecule has 0 saturated heterocycles. The minimum absolute atomic E-state index is 0.0376. The Morgan fingerprint density at radius 3 is 0.896 bits per heavy atom. The van der Waals surface area contributed by atoms with Crippen molar-refractivity contribution in [2.24, 2.45) is 0 Å². The number of carbonyl (C=O) groups is 2. The maximum absolute atomic E-state index is 12.9. The van der Waals surface area contributed by atoms with Crippen LogP contribution in [0.4, 0.5) is 0 Å². The largest absolute Gasteiger partial charge is 0.756 e. The van der Waals surface area contributed by atoms with E-state index in [1.54, 1.807) is 0 Å². The number of nitrogens with zero attached hydrogens (tertiary/aromatic N) is 1. The molecule has 0 rings (SSSR count). The summed E-state index contributed by atoms with van der Waals surface area (Å²) in [5.41, 5.74) is 0. The number of carbonyl (C=O) groups excluding carboxylic acids is 2. The van der Waals surface area contributed by atoms with Crippen LogP contribution < -0.4 is 4.89 Å². The van der Waals surface area contributed by atoms with Gasteiger partial charge in [0.1, 0.15) is 19.8 Å². The molecule has 96 heavy (non-hydrogen) atoms. The quantitative estimate of drug-likeness (QED) is 0.0195. The van der Waals surface area contributed by atoms with Gasteiger partial charge in [0.15, 0.2) is 6.10 Å². The van der Waals surface area contributed by atoms with Gasteiger partial charge in [-0.2, -0.15) is 0 Å². The molecule has 0 fully saturated rings. The van der Waals surface area contributed by atoms with Crippen molar-refractivity contribution in [2.45, 2.75) is 380 Å². The molecule has 9 nitrogen and oxygen atoms in total. The molecule has 0 amide bonds. The van der Waals surface area contributed by atoms with Gasteiger partial charge in [-0.3, -0.25) is 14.2 Å². The molecule has 0 bridgehead atoms. The summed E-state index contributed by atoms with van der Waals surface area (Å²) in [4.78, 5) is 38.2. The summed E-state index contributed by atoms with van der Waals surface area (Å²) in [5, 5.41) is 0. The number of phosphoric ester groups is 1. The van der Waals surface area contributed by atoms with Crippen LogP contribution in [0.15, 0.2) is 109 Å². The van der Waals surface area contributed by atoms with Crippen LogP contribution in [0.5, 0.6) is 0 Å². The van der Waals surface area contributed by atoms with E-state index in [0.717, 1.165) is 109 Å². The fourth-order valence-corrected chi connectivity index (χ4v) is 12.3. The number of unbranched alkanes of at least 4 members (excludes halogenated alkanes) is 43. The lowest BCUT2D eigenvalue weighted by atomic mass is 10.0. The van der Waals surface area contributed by atoms with Crippen molar-refractivity contribution in [2.75, 3.05) is 47.5 Å². The second-order valence-electron chi connectivity index (χ2n) is 28.4. The van der Waals surface area contributed by atoms with Crippen LogP contribution in [-0.4, -0.2) is 70.0 Å². The van der Waals surface area contributed by atoms with Gasteiger partial charge in [-0.1, -0.05) is 367 Å². The Labute approximate surface area is 595 Å². The summed E-state index contributed by atoms with van der Waals surface area (Å²) in [6.45, 7) is 4.14. The third-order valence-electron chi connectivity index (χ3n) is 17.8. The molecule has 0 aliphatic rings. The Kier molecular flexibility index (Phi) is 73.2. The summed E-state index contributed by atoms with van der Waals surface area (Å²) in [6, 6.07) is 0. The summed E-state index contributed by atoms with van der Waals surface area (Å²) in [6.07, 6.45) is 108. The fraction of sp³-hybridized carbons (Fsp3) is 0.767. The molecule has 2 unspecified atom stereocenters.